The molecule has 2 aromatic heterocycles. The van der Waals surface area contributed by atoms with Gasteiger partial charge in [-0.25, -0.2) is 4.98 Å². The molecule has 3 aromatic rings. The van der Waals surface area contributed by atoms with Gasteiger partial charge in [-0.15, -0.1) is 0 Å². The van der Waals surface area contributed by atoms with Gasteiger partial charge in [-0.1, -0.05) is 12.1 Å². The SMILES string of the molecule is CCn1c(CCNC(=O)c2ccsc2)nc2ccccc21. The van der Waals surface area contributed by atoms with Gasteiger partial charge in [0.1, 0.15) is 5.82 Å². The van der Waals surface area contributed by atoms with Crippen molar-refractivity contribution < 1.29 is 4.79 Å². The first-order chi connectivity index (χ1) is 10.3. The average molecular weight is 299 g/mol. The van der Waals surface area contributed by atoms with E-state index in [1.165, 1.54) is 11.3 Å². The molecule has 108 valence electrons. The van der Waals surface area contributed by atoms with Crippen LogP contribution in [0.5, 0.6) is 0 Å². The number of hydrogen-bond donors (Lipinski definition) is 1. The predicted octanol–water partition coefficient (Wildman–Crippen LogP) is 3.09. The summed E-state index contributed by atoms with van der Waals surface area (Å²) in [6, 6.07) is 9.96. The number of nitrogens with zero attached hydrogens (tertiary/aromatic N) is 2. The number of aryl methyl sites for hydroxylation is 1. The molecule has 0 aliphatic rings. The number of carbonyl (C=O) groups excluding carboxylic acids is 1. The zero-order valence-electron chi connectivity index (χ0n) is 11.9. The molecule has 1 N–H and O–H groups in total. The number of benzene rings is 1. The topological polar surface area (TPSA) is 46.9 Å². The predicted molar refractivity (Wildman–Crippen MR) is 85.8 cm³/mol. The van der Waals surface area contributed by atoms with Gasteiger partial charge in [0.15, 0.2) is 0 Å². The zero-order chi connectivity index (χ0) is 14.7. The summed E-state index contributed by atoms with van der Waals surface area (Å²) in [7, 11) is 0. The second-order valence-electron chi connectivity index (χ2n) is 4.78. The first kappa shape index (κ1) is 13.8. The van der Waals surface area contributed by atoms with Crippen molar-refractivity contribution in [3.63, 3.8) is 0 Å². The highest BCUT2D eigenvalue weighted by molar-refractivity contribution is 7.08. The first-order valence-corrected chi connectivity index (χ1v) is 7.98. The lowest BCUT2D eigenvalue weighted by Gasteiger charge is -2.07. The fourth-order valence-electron chi connectivity index (χ4n) is 2.45. The molecular weight excluding hydrogens is 282 g/mol. The van der Waals surface area contributed by atoms with Gasteiger partial charge in [0.05, 0.1) is 11.0 Å². The number of imidazole rings is 1. The molecule has 0 fully saturated rings. The minimum absolute atomic E-state index is 0.0181. The van der Waals surface area contributed by atoms with Crippen molar-refractivity contribution in [1.29, 1.82) is 0 Å². The fourth-order valence-corrected chi connectivity index (χ4v) is 3.09. The van der Waals surface area contributed by atoms with E-state index < -0.39 is 0 Å². The monoisotopic (exact) mass is 299 g/mol. The van der Waals surface area contributed by atoms with E-state index in [1.54, 1.807) is 0 Å². The molecule has 2 heterocycles. The van der Waals surface area contributed by atoms with E-state index in [0.717, 1.165) is 35.4 Å². The van der Waals surface area contributed by atoms with Crippen molar-refractivity contribution in [1.82, 2.24) is 14.9 Å². The van der Waals surface area contributed by atoms with E-state index in [2.05, 4.69) is 27.9 Å². The number of carbonyl (C=O) groups is 1. The maximum absolute atomic E-state index is 11.9. The number of aromatic nitrogens is 2. The summed E-state index contributed by atoms with van der Waals surface area (Å²) in [5, 5.41) is 6.71. The van der Waals surface area contributed by atoms with Gasteiger partial charge in [0, 0.05) is 30.5 Å². The van der Waals surface area contributed by atoms with Crippen LogP contribution in [-0.4, -0.2) is 22.0 Å². The normalized spacial score (nSPS) is 10.9. The van der Waals surface area contributed by atoms with E-state index in [0.29, 0.717) is 6.54 Å². The molecule has 1 amide bonds. The fraction of sp³-hybridized carbons (Fsp3) is 0.250. The highest BCUT2D eigenvalue weighted by Gasteiger charge is 2.10. The largest absolute Gasteiger partial charge is 0.352 e. The second kappa shape index (κ2) is 6.10. The molecule has 0 aliphatic heterocycles. The van der Waals surface area contributed by atoms with Crippen LogP contribution >= 0.6 is 11.3 Å². The number of para-hydroxylation sites is 2. The summed E-state index contributed by atoms with van der Waals surface area (Å²) in [5.74, 6) is 1.000. The highest BCUT2D eigenvalue weighted by Crippen LogP contribution is 2.16. The van der Waals surface area contributed by atoms with Crippen LogP contribution in [0.25, 0.3) is 11.0 Å². The molecule has 4 nitrogen and oxygen atoms in total. The Labute approximate surface area is 127 Å². The molecule has 5 heteroatoms. The van der Waals surface area contributed by atoms with E-state index >= 15 is 0 Å². The summed E-state index contributed by atoms with van der Waals surface area (Å²) < 4.78 is 2.20. The molecule has 21 heavy (non-hydrogen) atoms. The third kappa shape index (κ3) is 2.83. The van der Waals surface area contributed by atoms with Crippen LogP contribution in [0.3, 0.4) is 0 Å². The molecule has 0 bridgehead atoms. The lowest BCUT2D eigenvalue weighted by molar-refractivity contribution is 0.0954. The minimum Gasteiger partial charge on any atom is -0.352 e. The van der Waals surface area contributed by atoms with Crippen LogP contribution in [0.4, 0.5) is 0 Å². The van der Waals surface area contributed by atoms with Crippen molar-refractivity contribution in [3.05, 3.63) is 52.5 Å². The van der Waals surface area contributed by atoms with Gasteiger partial charge in [-0.2, -0.15) is 11.3 Å². The summed E-state index contributed by atoms with van der Waals surface area (Å²) in [6.07, 6.45) is 0.735. The Kier molecular flexibility index (Phi) is 4.01. The average Bonchev–Trinajstić information content (AvgIpc) is 3.14. The summed E-state index contributed by atoms with van der Waals surface area (Å²) >= 11 is 1.53. The Hall–Kier alpha value is -2.14. The summed E-state index contributed by atoms with van der Waals surface area (Å²) in [6.45, 7) is 3.59. The van der Waals surface area contributed by atoms with Crippen LogP contribution in [0.2, 0.25) is 0 Å². The smallest absolute Gasteiger partial charge is 0.252 e. The van der Waals surface area contributed by atoms with E-state index in [-0.39, 0.29) is 5.91 Å². The number of hydrogen-bond acceptors (Lipinski definition) is 3. The molecular formula is C16H17N3OS. The van der Waals surface area contributed by atoms with Crippen LogP contribution in [-0.2, 0) is 13.0 Å². The van der Waals surface area contributed by atoms with Gasteiger partial charge < -0.3 is 9.88 Å². The molecule has 0 radical (unpaired) electrons. The maximum Gasteiger partial charge on any atom is 0.252 e. The number of rotatable bonds is 5. The van der Waals surface area contributed by atoms with Crippen molar-refractivity contribution in [3.8, 4) is 0 Å². The Morgan fingerprint density at radius 2 is 2.19 bits per heavy atom. The van der Waals surface area contributed by atoms with Crippen LogP contribution in [0.1, 0.15) is 23.1 Å². The Morgan fingerprint density at radius 3 is 2.95 bits per heavy atom. The van der Waals surface area contributed by atoms with Crippen LogP contribution < -0.4 is 5.32 Å². The summed E-state index contributed by atoms with van der Waals surface area (Å²) in [5.41, 5.74) is 2.89. The number of thiophene rings is 1. The van der Waals surface area contributed by atoms with Crippen molar-refractivity contribution in [2.45, 2.75) is 19.9 Å². The Balaban J connectivity index is 1.69. The Bertz CT molecular complexity index is 746. The van der Waals surface area contributed by atoms with Gasteiger partial charge >= 0.3 is 0 Å². The first-order valence-electron chi connectivity index (χ1n) is 7.04. The molecule has 0 saturated carbocycles. The van der Waals surface area contributed by atoms with Crippen molar-refractivity contribution in [2.75, 3.05) is 6.54 Å². The maximum atomic E-state index is 11.9. The Morgan fingerprint density at radius 1 is 1.33 bits per heavy atom. The number of fused-ring (bicyclic) bond motifs is 1. The second-order valence-corrected chi connectivity index (χ2v) is 5.56. The molecule has 3 rings (SSSR count). The van der Waals surface area contributed by atoms with Gasteiger partial charge in [-0.3, -0.25) is 4.79 Å². The van der Waals surface area contributed by atoms with E-state index in [1.807, 2.05) is 35.0 Å². The number of nitrogens with one attached hydrogen (secondary N) is 1. The highest BCUT2D eigenvalue weighted by atomic mass is 32.1. The third-order valence-corrected chi connectivity index (χ3v) is 4.15. The standard InChI is InChI=1S/C16H17N3OS/c1-2-19-14-6-4-3-5-13(14)18-15(19)7-9-17-16(20)12-8-10-21-11-12/h3-6,8,10-11H,2,7,9H2,1H3,(H,17,20). The van der Waals surface area contributed by atoms with Crippen LogP contribution in [0, 0.1) is 0 Å². The van der Waals surface area contributed by atoms with Crippen molar-refractivity contribution >= 4 is 28.3 Å². The molecule has 0 unspecified atom stereocenters. The molecule has 0 saturated heterocycles. The zero-order valence-corrected chi connectivity index (χ0v) is 12.7. The van der Waals surface area contributed by atoms with Crippen LogP contribution in [0.15, 0.2) is 41.1 Å². The quantitative estimate of drug-likeness (QED) is 0.787. The van der Waals surface area contributed by atoms with E-state index in [4.69, 9.17) is 0 Å². The van der Waals surface area contributed by atoms with Gasteiger partial charge in [-0.05, 0) is 30.5 Å². The van der Waals surface area contributed by atoms with Gasteiger partial charge in [0.25, 0.3) is 5.91 Å². The van der Waals surface area contributed by atoms with Crippen molar-refractivity contribution in [2.24, 2.45) is 0 Å². The van der Waals surface area contributed by atoms with Gasteiger partial charge in [0.2, 0.25) is 0 Å². The molecule has 0 atom stereocenters. The molecule has 0 aliphatic carbocycles. The lowest BCUT2D eigenvalue weighted by Crippen LogP contribution is -2.26. The molecule has 0 spiro atoms. The molecule has 1 aromatic carbocycles. The summed E-state index contributed by atoms with van der Waals surface area (Å²) in [4.78, 5) is 16.5. The van der Waals surface area contributed by atoms with E-state index in [9.17, 15) is 4.79 Å². The lowest BCUT2D eigenvalue weighted by atomic mass is 10.3. The minimum atomic E-state index is -0.0181. The third-order valence-electron chi connectivity index (χ3n) is 3.47. The number of amides is 1.